The zero-order valence-corrected chi connectivity index (χ0v) is 13.7. The first-order chi connectivity index (χ1) is 9.10. The van der Waals surface area contributed by atoms with E-state index >= 15 is 0 Å². The Morgan fingerprint density at radius 2 is 1.84 bits per heavy atom. The molecule has 0 saturated heterocycles. The van der Waals surface area contributed by atoms with Crippen LogP contribution >= 0.6 is 27.3 Å². The molecule has 0 aliphatic rings. The van der Waals surface area contributed by atoms with E-state index in [9.17, 15) is 0 Å². The highest BCUT2D eigenvalue weighted by molar-refractivity contribution is 9.11. The highest BCUT2D eigenvalue weighted by Crippen LogP contribution is 2.30. The van der Waals surface area contributed by atoms with Crippen LogP contribution in [0.15, 0.2) is 39.5 Å². The third-order valence-corrected chi connectivity index (χ3v) is 4.32. The van der Waals surface area contributed by atoms with E-state index in [1.165, 1.54) is 11.1 Å². The van der Waals surface area contributed by atoms with Gasteiger partial charge in [-0.15, -0.1) is 11.3 Å². The minimum Gasteiger partial charge on any atom is -0.491 e. The standard InChI is InChI=1S/C15H18BrNOS/c1-10(2)18-13-6-4-11(5-7-13)15(17-3)12-8-14(16)19-9-12/h4-10,15,17H,1-3H3. The third-order valence-electron chi connectivity index (χ3n) is 2.79. The Bertz CT molecular complexity index is 521. The number of benzene rings is 1. The van der Waals surface area contributed by atoms with Gasteiger partial charge < -0.3 is 10.1 Å². The number of nitrogens with one attached hydrogen (secondary N) is 1. The Hall–Kier alpha value is -0.840. The zero-order chi connectivity index (χ0) is 13.8. The topological polar surface area (TPSA) is 21.3 Å². The largest absolute Gasteiger partial charge is 0.491 e. The SMILES string of the molecule is CNC(c1ccc(OC(C)C)cc1)c1csc(Br)c1. The molecule has 0 fully saturated rings. The predicted molar refractivity (Wildman–Crippen MR) is 85.1 cm³/mol. The van der Waals surface area contributed by atoms with E-state index in [-0.39, 0.29) is 12.1 Å². The smallest absolute Gasteiger partial charge is 0.119 e. The van der Waals surface area contributed by atoms with Crippen LogP contribution in [0.2, 0.25) is 0 Å². The van der Waals surface area contributed by atoms with Gasteiger partial charge in [-0.05, 0) is 71.5 Å². The second-order valence-electron chi connectivity index (χ2n) is 4.64. The molecule has 0 aliphatic heterocycles. The molecule has 19 heavy (non-hydrogen) atoms. The quantitative estimate of drug-likeness (QED) is 0.858. The molecule has 1 atom stereocenters. The molecule has 0 aliphatic carbocycles. The Kier molecular flexibility index (Phi) is 5.02. The normalized spacial score (nSPS) is 12.7. The fraction of sp³-hybridized carbons (Fsp3) is 0.333. The van der Waals surface area contributed by atoms with Gasteiger partial charge in [0.2, 0.25) is 0 Å². The van der Waals surface area contributed by atoms with Crippen LogP contribution in [0.25, 0.3) is 0 Å². The van der Waals surface area contributed by atoms with Crippen molar-refractivity contribution in [1.82, 2.24) is 5.32 Å². The Balaban J connectivity index is 2.19. The first-order valence-electron chi connectivity index (χ1n) is 6.28. The van der Waals surface area contributed by atoms with E-state index in [1.807, 2.05) is 33.0 Å². The van der Waals surface area contributed by atoms with Gasteiger partial charge in [0.15, 0.2) is 0 Å². The van der Waals surface area contributed by atoms with Crippen molar-refractivity contribution in [1.29, 1.82) is 0 Å². The molecule has 1 N–H and O–H groups in total. The van der Waals surface area contributed by atoms with Gasteiger partial charge in [-0.1, -0.05) is 12.1 Å². The summed E-state index contributed by atoms with van der Waals surface area (Å²) in [7, 11) is 1.98. The van der Waals surface area contributed by atoms with Crippen LogP contribution in [0.5, 0.6) is 5.75 Å². The molecule has 0 saturated carbocycles. The summed E-state index contributed by atoms with van der Waals surface area (Å²) in [6.07, 6.45) is 0.207. The fourth-order valence-corrected chi connectivity index (χ4v) is 3.21. The molecule has 0 spiro atoms. The summed E-state index contributed by atoms with van der Waals surface area (Å²) >= 11 is 5.22. The lowest BCUT2D eigenvalue weighted by Gasteiger charge is -2.16. The van der Waals surface area contributed by atoms with Crippen LogP contribution in [0.3, 0.4) is 0 Å². The molecular weight excluding hydrogens is 322 g/mol. The lowest BCUT2D eigenvalue weighted by molar-refractivity contribution is 0.242. The van der Waals surface area contributed by atoms with Crippen molar-refractivity contribution in [3.63, 3.8) is 0 Å². The van der Waals surface area contributed by atoms with Crippen molar-refractivity contribution in [3.05, 3.63) is 50.6 Å². The first-order valence-corrected chi connectivity index (χ1v) is 7.95. The molecule has 4 heteroatoms. The van der Waals surface area contributed by atoms with Gasteiger partial charge >= 0.3 is 0 Å². The third kappa shape index (κ3) is 3.81. The van der Waals surface area contributed by atoms with Crippen molar-refractivity contribution in [2.45, 2.75) is 26.0 Å². The number of halogens is 1. The predicted octanol–water partition coefficient (Wildman–Crippen LogP) is 4.61. The van der Waals surface area contributed by atoms with Crippen molar-refractivity contribution in [3.8, 4) is 5.75 Å². The molecule has 1 unspecified atom stereocenters. The Morgan fingerprint density at radius 1 is 1.16 bits per heavy atom. The van der Waals surface area contributed by atoms with Crippen LogP contribution < -0.4 is 10.1 Å². The summed E-state index contributed by atoms with van der Waals surface area (Å²) in [5, 5.41) is 5.52. The molecule has 2 aromatic rings. The van der Waals surface area contributed by atoms with E-state index in [0.29, 0.717) is 0 Å². The molecule has 102 valence electrons. The highest BCUT2D eigenvalue weighted by atomic mass is 79.9. The summed E-state index contributed by atoms with van der Waals surface area (Å²) in [5.41, 5.74) is 2.51. The number of hydrogen-bond acceptors (Lipinski definition) is 3. The number of rotatable bonds is 5. The Labute approximate surface area is 126 Å². The molecule has 0 radical (unpaired) electrons. The second kappa shape index (κ2) is 6.55. The van der Waals surface area contributed by atoms with Gasteiger partial charge in [0.1, 0.15) is 5.75 Å². The lowest BCUT2D eigenvalue weighted by Crippen LogP contribution is -2.16. The fourth-order valence-electron chi connectivity index (χ4n) is 2.01. The van der Waals surface area contributed by atoms with Gasteiger partial charge in [-0.2, -0.15) is 0 Å². The monoisotopic (exact) mass is 339 g/mol. The second-order valence-corrected chi connectivity index (χ2v) is 6.93. The van der Waals surface area contributed by atoms with Gasteiger partial charge in [0.25, 0.3) is 0 Å². The van der Waals surface area contributed by atoms with E-state index in [2.05, 4.69) is 44.8 Å². The van der Waals surface area contributed by atoms with Crippen LogP contribution in [-0.2, 0) is 0 Å². The summed E-state index contributed by atoms with van der Waals surface area (Å²) < 4.78 is 6.82. The molecule has 2 rings (SSSR count). The van der Waals surface area contributed by atoms with Crippen molar-refractivity contribution in [2.24, 2.45) is 0 Å². The average Bonchev–Trinajstić information content (AvgIpc) is 2.78. The Morgan fingerprint density at radius 3 is 2.32 bits per heavy atom. The minimum absolute atomic E-state index is 0.207. The van der Waals surface area contributed by atoms with Crippen LogP contribution in [0.4, 0.5) is 0 Å². The summed E-state index contributed by atoms with van der Waals surface area (Å²) in [6.45, 7) is 4.07. The molecule has 2 nitrogen and oxygen atoms in total. The van der Waals surface area contributed by atoms with Crippen LogP contribution in [-0.4, -0.2) is 13.2 Å². The number of hydrogen-bond donors (Lipinski definition) is 1. The molecule has 0 amide bonds. The van der Waals surface area contributed by atoms with Crippen molar-refractivity contribution in [2.75, 3.05) is 7.05 Å². The maximum Gasteiger partial charge on any atom is 0.119 e. The van der Waals surface area contributed by atoms with Gasteiger partial charge in [-0.3, -0.25) is 0 Å². The van der Waals surface area contributed by atoms with E-state index in [1.54, 1.807) is 11.3 Å². The summed E-state index contributed by atoms with van der Waals surface area (Å²) in [4.78, 5) is 0. The van der Waals surface area contributed by atoms with Gasteiger partial charge in [-0.25, -0.2) is 0 Å². The number of thiophene rings is 1. The highest BCUT2D eigenvalue weighted by Gasteiger charge is 2.13. The van der Waals surface area contributed by atoms with Gasteiger partial charge in [0, 0.05) is 0 Å². The summed E-state index contributed by atoms with van der Waals surface area (Å²) in [5.74, 6) is 0.917. The van der Waals surface area contributed by atoms with E-state index in [0.717, 1.165) is 9.54 Å². The molecular formula is C15H18BrNOS. The molecule has 1 aromatic carbocycles. The van der Waals surface area contributed by atoms with Gasteiger partial charge in [0.05, 0.1) is 15.9 Å². The van der Waals surface area contributed by atoms with E-state index in [4.69, 9.17) is 4.74 Å². The zero-order valence-electron chi connectivity index (χ0n) is 11.3. The molecule has 1 heterocycles. The van der Waals surface area contributed by atoms with Crippen molar-refractivity contribution < 1.29 is 4.74 Å². The molecule has 0 bridgehead atoms. The average molecular weight is 340 g/mol. The first kappa shape index (κ1) is 14.6. The minimum atomic E-state index is 0.207. The maximum absolute atomic E-state index is 5.67. The van der Waals surface area contributed by atoms with E-state index < -0.39 is 0 Å². The summed E-state index contributed by atoms with van der Waals surface area (Å²) in [6, 6.07) is 10.7. The molecule has 1 aromatic heterocycles. The van der Waals surface area contributed by atoms with Crippen molar-refractivity contribution >= 4 is 27.3 Å². The number of ether oxygens (including phenoxy) is 1. The van der Waals surface area contributed by atoms with Crippen LogP contribution in [0.1, 0.15) is 31.0 Å². The lowest BCUT2D eigenvalue weighted by atomic mass is 10.0. The van der Waals surface area contributed by atoms with Crippen LogP contribution in [0, 0.1) is 0 Å². The maximum atomic E-state index is 5.67.